The van der Waals surface area contributed by atoms with Crippen molar-refractivity contribution in [2.75, 3.05) is 32.3 Å². The van der Waals surface area contributed by atoms with Crippen LogP contribution in [0.1, 0.15) is 12.5 Å². The first kappa shape index (κ1) is 24.7. The average molecular weight is 487 g/mol. The van der Waals surface area contributed by atoms with Crippen molar-refractivity contribution in [2.45, 2.75) is 6.92 Å². The molecule has 10 heteroatoms. The van der Waals surface area contributed by atoms with Crippen molar-refractivity contribution in [3.05, 3.63) is 59.1 Å². The molecule has 0 saturated carbocycles. The van der Waals surface area contributed by atoms with Crippen molar-refractivity contribution < 1.29 is 33.3 Å². The SMILES string of the molecule is C=CCOc1ccc(C=C2C(=O)NC(=O)N(c3cc(OC)c(Cl)cc3OC)C2=O)cc1OCC. The maximum absolute atomic E-state index is 13.3. The van der Waals surface area contributed by atoms with Gasteiger partial charge in [-0.05, 0) is 30.7 Å². The number of hydrogen-bond donors (Lipinski definition) is 1. The van der Waals surface area contributed by atoms with E-state index in [-0.39, 0.29) is 34.4 Å². The number of carbonyl (C=O) groups excluding carboxylic acids is 3. The smallest absolute Gasteiger partial charge is 0.336 e. The lowest BCUT2D eigenvalue weighted by atomic mass is 10.1. The molecule has 178 valence electrons. The Morgan fingerprint density at radius 3 is 2.38 bits per heavy atom. The number of rotatable bonds is 9. The number of halogens is 1. The number of anilines is 1. The van der Waals surface area contributed by atoms with Gasteiger partial charge in [0, 0.05) is 12.1 Å². The topological polar surface area (TPSA) is 103 Å². The van der Waals surface area contributed by atoms with Crippen LogP contribution in [-0.2, 0) is 9.59 Å². The molecule has 1 N–H and O–H groups in total. The summed E-state index contributed by atoms with van der Waals surface area (Å²) in [5, 5.41) is 2.40. The molecule has 0 spiro atoms. The first-order valence-electron chi connectivity index (χ1n) is 10.2. The zero-order valence-electron chi connectivity index (χ0n) is 18.8. The molecule has 0 bridgehead atoms. The van der Waals surface area contributed by atoms with Crippen LogP contribution in [0.4, 0.5) is 10.5 Å². The minimum Gasteiger partial charge on any atom is -0.495 e. The molecule has 2 aromatic rings. The fraction of sp³-hybridized carbons (Fsp3) is 0.208. The Kier molecular flexibility index (Phi) is 7.80. The number of imide groups is 2. The third-order valence-corrected chi connectivity index (χ3v) is 5.03. The van der Waals surface area contributed by atoms with Crippen LogP contribution in [0.25, 0.3) is 6.08 Å². The second kappa shape index (κ2) is 10.8. The molecule has 34 heavy (non-hydrogen) atoms. The third kappa shape index (κ3) is 4.99. The Morgan fingerprint density at radius 1 is 1.00 bits per heavy atom. The molecule has 0 aliphatic carbocycles. The Labute approximate surface area is 201 Å². The van der Waals surface area contributed by atoms with Gasteiger partial charge < -0.3 is 18.9 Å². The highest BCUT2D eigenvalue weighted by atomic mass is 35.5. The van der Waals surface area contributed by atoms with Crippen LogP contribution in [0, 0.1) is 0 Å². The maximum Gasteiger partial charge on any atom is 0.336 e. The molecule has 4 amide bonds. The van der Waals surface area contributed by atoms with Crippen molar-refractivity contribution in [3.8, 4) is 23.0 Å². The fourth-order valence-corrected chi connectivity index (χ4v) is 3.44. The highest BCUT2D eigenvalue weighted by Crippen LogP contribution is 2.39. The van der Waals surface area contributed by atoms with E-state index >= 15 is 0 Å². The van der Waals surface area contributed by atoms with Crippen LogP contribution in [-0.4, -0.2) is 45.3 Å². The lowest BCUT2D eigenvalue weighted by molar-refractivity contribution is -0.122. The van der Waals surface area contributed by atoms with Crippen molar-refractivity contribution >= 4 is 41.2 Å². The highest BCUT2D eigenvalue weighted by molar-refractivity contribution is 6.39. The molecule has 1 aliphatic rings. The quantitative estimate of drug-likeness (QED) is 0.325. The van der Waals surface area contributed by atoms with Crippen molar-refractivity contribution in [1.29, 1.82) is 0 Å². The summed E-state index contributed by atoms with van der Waals surface area (Å²) in [4.78, 5) is 39.3. The first-order chi connectivity index (χ1) is 16.3. The summed E-state index contributed by atoms with van der Waals surface area (Å²) in [5.41, 5.74) is 0.286. The van der Waals surface area contributed by atoms with Crippen molar-refractivity contribution in [1.82, 2.24) is 5.32 Å². The Morgan fingerprint density at radius 2 is 1.74 bits per heavy atom. The molecule has 1 aliphatic heterocycles. The van der Waals surface area contributed by atoms with E-state index in [1.807, 2.05) is 6.92 Å². The molecule has 0 unspecified atom stereocenters. The van der Waals surface area contributed by atoms with E-state index in [0.29, 0.717) is 23.7 Å². The summed E-state index contributed by atoms with van der Waals surface area (Å²) in [7, 11) is 2.75. The van der Waals surface area contributed by atoms with Gasteiger partial charge in [0.25, 0.3) is 11.8 Å². The highest BCUT2D eigenvalue weighted by Gasteiger charge is 2.38. The molecule has 0 atom stereocenters. The first-order valence-corrected chi connectivity index (χ1v) is 10.6. The molecule has 2 aromatic carbocycles. The zero-order chi connectivity index (χ0) is 24.8. The fourth-order valence-electron chi connectivity index (χ4n) is 3.21. The van der Waals surface area contributed by atoms with Gasteiger partial charge >= 0.3 is 6.03 Å². The van der Waals surface area contributed by atoms with Gasteiger partial charge in [-0.2, -0.15) is 0 Å². The zero-order valence-corrected chi connectivity index (χ0v) is 19.6. The molecule has 0 aromatic heterocycles. The molecule has 9 nitrogen and oxygen atoms in total. The number of benzene rings is 2. The summed E-state index contributed by atoms with van der Waals surface area (Å²) >= 11 is 6.13. The Hall–Kier alpha value is -3.98. The number of nitrogens with zero attached hydrogens (tertiary/aromatic N) is 1. The molecule has 3 rings (SSSR count). The normalized spacial score (nSPS) is 14.6. The number of barbiturate groups is 1. The Balaban J connectivity index is 2.05. The van der Waals surface area contributed by atoms with Crippen LogP contribution >= 0.6 is 11.6 Å². The monoisotopic (exact) mass is 486 g/mol. The number of methoxy groups -OCH3 is 2. The van der Waals surface area contributed by atoms with E-state index < -0.39 is 17.8 Å². The predicted octanol–water partition coefficient (Wildman–Crippen LogP) is 3.99. The summed E-state index contributed by atoms with van der Waals surface area (Å²) < 4.78 is 21.7. The van der Waals surface area contributed by atoms with Crippen LogP contribution in [0.15, 0.2) is 48.6 Å². The average Bonchev–Trinajstić information content (AvgIpc) is 2.81. The molecular weight excluding hydrogens is 464 g/mol. The lowest BCUT2D eigenvalue weighted by Gasteiger charge is -2.28. The predicted molar refractivity (Wildman–Crippen MR) is 127 cm³/mol. The number of nitrogens with one attached hydrogen (secondary N) is 1. The lowest BCUT2D eigenvalue weighted by Crippen LogP contribution is -2.54. The van der Waals surface area contributed by atoms with Gasteiger partial charge in [-0.25, -0.2) is 9.69 Å². The van der Waals surface area contributed by atoms with Crippen molar-refractivity contribution in [2.24, 2.45) is 0 Å². The number of amides is 4. The van der Waals surface area contributed by atoms with E-state index in [4.69, 9.17) is 30.5 Å². The van der Waals surface area contributed by atoms with E-state index in [1.54, 1.807) is 24.3 Å². The van der Waals surface area contributed by atoms with Gasteiger partial charge in [0.05, 0.1) is 31.5 Å². The molecular formula is C24H23ClN2O7. The molecule has 1 saturated heterocycles. The third-order valence-electron chi connectivity index (χ3n) is 4.73. The van der Waals surface area contributed by atoms with Gasteiger partial charge in [0.2, 0.25) is 0 Å². The standard InChI is InChI=1S/C24H23ClN2O7/c1-5-9-34-18-8-7-14(11-21(18)33-6-2)10-15-22(28)26-24(30)27(23(15)29)17-13-19(31-3)16(25)12-20(17)32-4/h5,7-8,10-13H,1,6,9H2,2-4H3,(H,26,28,30). The number of urea groups is 1. The number of ether oxygens (including phenoxy) is 4. The van der Waals surface area contributed by atoms with Crippen LogP contribution in [0.5, 0.6) is 23.0 Å². The summed E-state index contributed by atoms with van der Waals surface area (Å²) in [6, 6.07) is 6.79. The minimum absolute atomic E-state index is 0.0628. The van der Waals surface area contributed by atoms with E-state index in [2.05, 4.69) is 11.9 Å². The Bertz CT molecular complexity index is 1180. The van der Waals surface area contributed by atoms with Crippen LogP contribution in [0.3, 0.4) is 0 Å². The van der Waals surface area contributed by atoms with Gasteiger partial charge in [-0.15, -0.1) is 0 Å². The second-order valence-electron chi connectivity index (χ2n) is 6.86. The maximum atomic E-state index is 13.3. The second-order valence-corrected chi connectivity index (χ2v) is 7.26. The molecule has 1 fully saturated rings. The number of hydrogen-bond acceptors (Lipinski definition) is 7. The van der Waals surface area contributed by atoms with Gasteiger partial charge in [0.15, 0.2) is 11.5 Å². The van der Waals surface area contributed by atoms with E-state index in [1.165, 1.54) is 32.4 Å². The van der Waals surface area contributed by atoms with Gasteiger partial charge in [-0.3, -0.25) is 14.9 Å². The number of carbonyl (C=O) groups is 3. The van der Waals surface area contributed by atoms with Gasteiger partial charge in [0.1, 0.15) is 23.7 Å². The summed E-state index contributed by atoms with van der Waals surface area (Å²) in [6.07, 6.45) is 2.96. The largest absolute Gasteiger partial charge is 0.495 e. The molecule has 0 radical (unpaired) electrons. The van der Waals surface area contributed by atoms with Gasteiger partial charge in [-0.1, -0.05) is 30.3 Å². The van der Waals surface area contributed by atoms with Crippen LogP contribution in [0.2, 0.25) is 5.02 Å². The van der Waals surface area contributed by atoms with Crippen molar-refractivity contribution in [3.63, 3.8) is 0 Å². The summed E-state index contributed by atoms with van der Waals surface area (Å²) in [5.74, 6) is -0.405. The molecule has 1 heterocycles. The minimum atomic E-state index is -0.932. The van der Waals surface area contributed by atoms with E-state index in [9.17, 15) is 14.4 Å². The summed E-state index contributed by atoms with van der Waals surface area (Å²) in [6.45, 7) is 6.09. The van der Waals surface area contributed by atoms with E-state index in [0.717, 1.165) is 4.90 Å². The van der Waals surface area contributed by atoms with Crippen LogP contribution < -0.4 is 29.2 Å².